The van der Waals surface area contributed by atoms with Crippen LogP contribution in [0.25, 0.3) is 0 Å². The van der Waals surface area contributed by atoms with Crippen LogP contribution in [0.3, 0.4) is 0 Å². The third-order valence-corrected chi connectivity index (χ3v) is 12.0. The zero-order valence-electron chi connectivity index (χ0n) is 24.4. The minimum atomic E-state index is -0.921. The molecule has 0 heterocycles. The van der Waals surface area contributed by atoms with E-state index < -0.39 is 12.2 Å². The highest BCUT2D eigenvalue weighted by Crippen LogP contribution is 2.74. The van der Waals surface area contributed by atoms with Crippen molar-refractivity contribution >= 4 is 11.8 Å². The summed E-state index contributed by atoms with van der Waals surface area (Å²) >= 11 is 0. The van der Waals surface area contributed by atoms with Crippen molar-refractivity contribution in [2.45, 2.75) is 125 Å². The number of aliphatic hydroxyl groups excluding tert-OH is 2. The zero-order valence-corrected chi connectivity index (χ0v) is 24.4. The van der Waals surface area contributed by atoms with Gasteiger partial charge in [-0.15, -0.1) is 0 Å². The molecule has 0 aromatic rings. The van der Waals surface area contributed by atoms with Crippen molar-refractivity contribution in [1.82, 2.24) is 0 Å². The first-order chi connectivity index (χ1) is 17.0. The monoisotopic (exact) mass is 514 g/mol. The molecule has 4 aliphatic rings. The molecule has 4 rings (SSSR count). The average Bonchev–Trinajstić information content (AvgIpc) is 3.13. The van der Waals surface area contributed by atoms with Gasteiger partial charge in [0, 0.05) is 31.1 Å². The number of rotatable bonds is 6. The van der Waals surface area contributed by atoms with E-state index in [-0.39, 0.29) is 51.5 Å². The molecule has 5 nitrogen and oxygen atoms in total. The molecular weight excluding hydrogens is 464 g/mol. The van der Waals surface area contributed by atoms with Crippen LogP contribution in [0.4, 0.5) is 0 Å². The molecule has 0 spiro atoms. The van der Waals surface area contributed by atoms with E-state index in [0.717, 1.165) is 38.5 Å². The van der Waals surface area contributed by atoms with Crippen molar-refractivity contribution in [3.8, 4) is 0 Å². The maximum absolute atomic E-state index is 13.0. The minimum absolute atomic E-state index is 0.0184. The number of carbonyl (C=O) groups excluding carboxylic acids is 2. The molecule has 2 N–H and O–H groups in total. The summed E-state index contributed by atoms with van der Waals surface area (Å²) in [5.74, 6) is 0.732. The Kier molecular flexibility index (Phi) is 7.20. The highest BCUT2D eigenvalue weighted by Gasteiger charge is 2.69. The molecule has 0 aromatic heterocycles. The quantitative estimate of drug-likeness (QED) is 0.327. The van der Waals surface area contributed by atoms with Crippen LogP contribution < -0.4 is 0 Å². The Hall–Kier alpha value is -1.46. The number of hydrogen-bond donors (Lipinski definition) is 2. The Labute approximate surface area is 224 Å². The molecule has 0 aromatic carbocycles. The van der Waals surface area contributed by atoms with Crippen molar-refractivity contribution in [3.63, 3.8) is 0 Å². The van der Waals surface area contributed by atoms with E-state index in [4.69, 9.17) is 4.74 Å². The van der Waals surface area contributed by atoms with Crippen LogP contribution in [0, 0.1) is 39.4 Å². The van der Waals surface area contributed by atoms with Gasteiger partial charge in [0.15, 0.2) is 0 Å². The summed E-state index contributed by atoms with van der Waals surface area (Å²) < 4.78 is 6.21. The first kappa shape index (κ1) is 28.5. The van der Waals surface area contributed by atoms with E-state index in [2.05, 4.69) is 48.1 Å². The molecule has 5 heteroatoms. The molecule has 208 valence electrons. The zero-order chi connectivity index (χ0) is 27.7. The number of hydrogen-bond acceptors (Lipinski definition) is 5. The molecule has 9 atom stereocenters. The van der Waals surface area contributed by atoms with Gasteiger partial charge in [-0.25, -0.2) is 0 Å². The summed E-state index contributed by atoms with van der Waals surface area (Å²) in [6.07, 6.45) is 4.77. The average molecular weight is 515 g/mol. The first-order valence-electron chi connectivity index (χ1n) is 14.4. The minimum Gasteiger partial charge on any atom is -0.462 e. The number of esters is 1. The predicted octanol–water partition coefficient (Wildman–Crippen LogP) is 6.17. The Morgan fingerprint density at radius 1 is 1.08 bits per heavy atom. The van der Waals surface area contributed by atoms with Gasteiger partial charge in [-0.05, 0) is 79.1 Å². The van der Waals surface area contributed by atoms with Crippen LogP contribution in [-0.2, 0) is 14.3 Å². The van der Waals surface area contributed by atoms with E-state index in [1.165, 1.54) is 18.1 Å². The summed E-state index contributed by atoms with van der Waals surface area (Å²) in [5, 5.41) is 21.1. The first-order valence-corrected chi connectivity index (χ1v) is 14.4. The van der Waals surface area contributed by atoms with Gasteiger partial charge in [0.25, 0.3) is 0 Å². The van der Waals surface area contributed by atoms with Crippen molar-refractivity contribution in [2.75, 3.05) is 0 Å². The second-order valence-electron chi connectivity index (χ2n) is 14.3. The lowest BCUT2D eigenvalue weighted by molar-refractivity contribution is -0.217. The molecule has 0 unspecified atom stereocenters. The largest absolute Gasteiger partial charge is 0.462 e. The van der Waals surface area contributed by atoms with Crippen molar-refractivity contribution in [2.24, 2.45) is 39.4 Å². The molecule has 37 heavy (non-hydrogen) atoms. The third kappa shape index (κ3) is 4.18. The highest BCUT2D eigenvalue weighted by molar-refractivity contribution is 5.85. The number of fused-ring (bicyclic) bond motifs is 5. The van der Waals surface area contributed by atoms with Gasteiger partial charge in [-0.1, -0.05) is 59.3 Å². The molecule has 3 saturated carbocycles. The SMILES string of the molecule is C=C(C)[C@H](O)[C@@H](O)C[C@@H](C)C1=C2C[C@H](OC(C)=O)[C@H]3[C@@]4(C)CCC(=O)C(C)(C)[C@@H]4CC[C@]3(C)[C@@]2(C)CC1. The van der Waals surface area contributed by atoms with Gasteiger partial charge in [0.1, 0.15) is 18.0 Å². The normalized spacial score (nSPS) is 41.2. The molecule has 0 radical (unpaired) electrons. The molecule has 0 amide bonds. The van der Waals surface area contributed by atoms with Crippen LogP contribution in [0.2, 0.25) is 0 Å². The van der Waals surface area contributed by atoms with Crippen LogP contribution in [0.5, 0.6) is 0 Å². The molecular formula is C32H50O5. The summed E-state index contributed by atoms with van der Waals surface area (Å²) in [4.78, 5) is 25.5. The lowest BCUT2D eigenvalue weighted by Gasteiger charge is -2.69. The molecule has 4 aliphatic carbocycles. The number of allylic oxidation sites excluding steroid dienone is 1. The van der Waals surface area contributed by atoms with Gasteiger partial charge in [-0.2, -0.15) is 0 Å². The van der Waals surface area contributed by atoms with Gasteiger partial charge >= 0.3 is 5.97 Å². The Morgan fingerprint density at radius 3 is 2.32 bits per heavy atom. The van der Waals surface area contributed by atoms with Crippen molar-refractivity contribution in [1.29, 1.82) is 0 Å². The lowest BCUT2D eigenvalue weighted by Crippen LogP contribution is -2.66. The predicted molar refractivity (Wildman–Crippen MR) is 146 cm³/mol. The summed E-state index contributed by atoms with van der Waals surface area (Å²) in [5.41, 5.74) is 2.86. The van der Waals surface area contributed by atoms with Crippen LogP contribution >= 0.6 is 0 Å². The summed E-state index contributed by atoms with van der Waals surface area (Å²) in [6.45, 7) is 20.8. The maximum Gasteiger partial charge on any atom is 0.302 e. The van der Waals surface area contributed by atoms with Crippen molar-refractivity contribution < 1.29 is 24.5 Å². The number of Topliss-reactive ketones (excluding diaryl/α,β-unsaturated/α-hetero) is 1. The maximum atomic E-state index is 13.0. The fourth-order valence-electron chi connectivity index (χ4n) is 9.92. The molecule has 0 saturated heterocycles. The topological polar surface area (TPSA) is 83.8 Å². The van der Waals surface area contributed by atoms with E-state index in [1.54, 1.807) is 6.92 Å². The lowest BCUT2D eigenvalue weighted by atomic mass is 9.36. The Bertz CT molecular complexity index is 1010. The highest BCUT2D eigenvalue weighted by atomic mass is 16.5. The fraction of sp³-hybridized carbons (Fsp3) is 0.812. The van der Waals surface area contributed by atoms with Gasteiger partial charge in [0.2, 0.25) is 0 Å². The molecule has 0 aliphatic heterocycles. The standard InChI is InChI=1S/C32H50O5/c1-18(2)27(36)23(34)16-19(3)21-10-14-31(8)22(21)17-24(37-20(4)33)28-30(7)13-12-26(35)29(5,6)25(30)11-15-32(28,31)9/h19,23-25,27-28,34,36H,1,10-17H2,2-9H3/t19-,23+,24+,25+,27+,28+,30+,31+,32+/m1/s1. The number of aliphatic hydroxyl groups is 2. The fourth-order valence-corrected chi connectivity index (χ4v) is 9.92. The van der Waals surface area contributed by atoms with E-state index >= 15 is 0 Å². The van der Waals surface area contributed by atoms with Crippen LogP contribution in [0.1, 0.15) is 107 Å². The van der Waals surface area contributed by atoms with Gasteiger partial charge in [-0.3, -0.25) is 9.59 Å². The van der Waals surface area contributed by atoms with Gasteiger partial charge in [0.05, 0.1) is 6.10 Å². The Morgan fingerprint density at radius 2 is 1.73 bits per heavy atom. The second-order valence-corrected chi connectivity index (χ2v) is 14.3. The van der Waals surface area contributed by atoms with Gasteiger partial charge < -0.3 is 14.9 Å². The number of ether oxygens (including phenoxy) is 1. The van der Waals surface area contributed by atoms with Crippen molar-refractivity contribution in [3.05, 3.63) is 23.3 Å². The van der Waals surface area contributed by atoms with E-state index in [9.17, 15) is 19.8 Å². The van der Waals surface area contributed by atoms with E-state index in [0.29, 0.717) is 24.2 Å². The number of carbonyl (C=O) groups is 2. The third-order valence-electron chi connectivity index (χ3n) is 12.0. The number of ketones is 1. The summed E-state index contributed by atoms with van der Waals surface area (Å²) in [6, 6.07) is 0. The second kappa shape index (κ2) is 9.33. The molecule has 0 bridgehead atoms. The Balaban J connectivity index is 1.77. The van der Waals surface area contributed by atoms with Crippen LogP contribution in [0.15, 0.2) is 23.3 Å². The van der Waals surface area contributed by atoms with Crippen LogP contribution in [-0.4, -0.2) is 40.3 Å². The molecule has 3 fully saturated rings. The summed E-state index contributed by atoms with van der Waals surface area (Å²) in [7, 11) is 0. The van der Waals surface area contributed by atoms with E-state index in [1.807, 2.05) is 0 Å². The smallest absolute Gasteiger partial charge is 0.302 e.